The van der Waals surface area contributed by atoms with Gasteiger partial charge in [-0.05, 0) is 5.56 Å². The number of phenols is 1. The molecule has 0 aliphatic carbocycles. The second-order valence-corrected chi connectivity index (χ2v) is 4.29. The number of hydrogen-bond acceptors (Lipinski definition) is 5. The topological polar surface area (TPSA) is 65.0 Å². The van der Waals surface area contributed by atoms with E-state index in [4.69, 9.17) is 9.47 Å². The van der Waals surface area contributed by atoms with Gasteiger partial charge in [-0.1, -0.05) is 30.3 Å². The highest BCUT2D eigenvalue weighted by molar-refractivity contribution is 5.95. The molecule has 0 unspecified atom stereocenters. The third kappa shape index (κ3) is 3.45. The molecular formula is C16H16O5. The van der Waals surface area contributed by atoms with Crippen LogP contribution in [0.15, 0.2) is 42.5 Å². The molecule has 0 saturated carbocycles. The number of aromatic hydroxyl groups is 1. The first-order chi connectivity index (χ1) is 10.2. The van der Waals surface area contributed by atoms with E-state index in [0.717, 1.165) is 5.56 Å². The van der Waals surface area contributed by atoms with Gasteiger partial charge < -0.3 is 19.3 Å². The second kappa shape index (κ2) is 6.65. The predicted octanol–water partition coefficient (Wildman–Crippen LogP) is 2.77. The molecule has 0 spiro atoms. The Hall–Kier alpha value is -2.69. The minimum Gasteiger partial charge on any atom is -0.507 e. The molecule has 2 rings (SSSR count). The Bertz CT molecular complexity index is 622. The van der Waals surface area contributed by atoms with E-state index in [9.17, 15) is 9.90 Å². The quantitative estimate of drug-likeness (QED) is 0.857. The normalized spacial score (nSPS) is 10.0. The number of rotatable bonds is 5. The fourth-order valence-electron chi connectivity index (χ4n) is 1.85. The number of ether oxygens (including phenoxy) is 3. The minimum atomic E-state index is -0.668. The second-order valence-electron chi connectivity index (χ2n) is 4.29. The van der Waals surface area contributed by atoms with Gasteiger partial charge in [-0.25, -0.2) is 4.79 Å². The monoisotopic (exact) mass is 288 g/mol. The summed E-state index contributed by atoms with van der Waals surface area (Å²) in [4.78, 5) is 11.8. The van der Waals surface area contributed by atoms with Crippen LogP contribution in [0.1, 0.15) is 15.9 Å². The zero-order chi connectivity index (χ0) is 15.2. The van der Waals surface area contributed by atoms with Crippen molar-refractivity contribution in [1.82, 2.24) is 0 Å². The lowest BCUT2D eigenvalue weighted by molar-refractivity contribution is 0.0592. The van der Waals surface area contributed by atoms with E-state index in [-0.39, 0.29) is 23.7 Å². The van der Waals surface area contributed by atoms with Crippen molar-refractivity contribution in [2.45, 2.75) is 6.61 Å². The number of carbonyl (C=O) groups is 1. The van der Waals surface area contributed by atoms with Gasteiger partial charge in [-0.3, -0.25) is 0 Å². The van der Waals surface area contributed by atoms with Crippen LogP contribution in [-0.2, 0) is 11.3 Å². The molecule has 2 aromatic carbocycles. The van der Waals surface area contributed by atoms with Gasteiger partial charge in [0, 0.05) is 12.1 Å². The van der Waals surface area contributed by atoms with Crippen LogP contribution in [0.3, 0.4) is 0 Å². The van der Waals surface area contributed by atoms with Gasteiger partial charge in [0.25, 0.3) is 0 Å². The van der Waals surface area contributed by atoms with Gasteiger partial charge in [-0.2, -0.15) is 0 Å². The molecule has 0 radical (unpaired) electrons. The van der Waals surface area contributed by atoms with E-state index in [2.05, 4.69) is 4.74 Å². The van der Waals surface area contributed by atoms with E-state index >= 15 is 0 Å². The molecule has 5 nitrogen and oxygen atoms in total. The van der Waals surface area contributed by atoms with Gasteiger partial charge in [0.1, 0.15) is 29.4 Å². The van der Waals surface area contributed by atoms with Gasteiger partial charge in [0.15, 0.2) is 0 Å². The van der Waals surface area contributed by atoms with Crippen molar-refractivity contribution in [2.24, 2.45) is 0 Å². The van der Waals surface area contributed by atoms with Gasteiger partial charge in [0.2, 0.25) is 0 Å². The van der Waals surface area contributed by atoms with Crippen LogP contribution in [0.2, 0.25) is 0 Å². The molecule has 2 aromatic rings. The molecular weight excluding hydrogens is 272 g/mol. The molecule has 0 aliphatic rings. The highest BCUT2D eigenvalue weighted by atomic mass is 16.5. The van der Waals surface area contributed by atoms with Gasteiger partial charge >= 0.3 is 5.97 Å². The molecule has 0 heterocycles. The van der Waals surface area contributed by atoms with Crippen molar-refractivity contribution < 1.29 is 24.1 Å². The first-order valence-electron chi connectivity index (χ1n) is 6.31. The predicted molar refractivity (Wildman–Crippen MR) is 76.8 cm³/mol. The summed E-state index contributed by atoms with van der Waals surface area (Å²) in [6.07, 6.45) is 0. The first kappa shape index (κ1) is 14.7. The maximum Gasteiger partial charge on any atom is 0.345 e. The van der Waals surface area contributed by atoms with Crippen LogP contribution >= 0.6 is 0 Å². The summed E-state index contributed by atoms with van der Waals surface area (Å²) in [6.45, 7) is 0.261. The van der Waals surface area contributed by atoms with Crippen LogP contribution in [0.5, 0.6) is 17.2 Å². The third-order valence-electron chi connectivity index (χ3n) is 2.92. The number of phenolic OH excluding ortho intramolecular Hbond substituents is 1. The van der Waals surface area contributed by atoms with Crippen molar-refractivity contribution in [3.05, 3.63) is 53.6 Å². The van der Waals surface area contributed by atoms with Crippen molar-refractivity contribution in [3.63, 3.8) is 0 Å². The molecule has 5 heteroatoms. The lowest BCUT2D eigenvalue weighted by atomic mass is 10.1. The Morgan fingerprint density at radius 2 is 1.86 bits per heavy atom. The Kier molecular flexibility index (Phi) is 4.66. The minimum absolute atomic E-state index is 0.0192. The van der Waals surface area contributed by atoms with Crippen molar-refractivity contribution >= 4 is 5.97 Å². The summed E-state index contributed by atoms with van der Waals surface area (Å²) in [5.74, 6) is -0.312. The summed E-state index contributed by atoms with van der Waals surface area (Å²) < 4.78 is 15.4. The van der Waals surface area contributed by atoms with Crippen LogP contribution in [0.4, 0.5) is 0 Å². The molecule has 0 saturated heterocycles. The lowest BCUT2D eigenvalue weighted by Crippen LogP contribution is -2.07. The van der Waals surface area contributed by atoms with E-state index in [1.54, 1.807) is 0 Å². The molecule has 0 fully saturated rings. The average molecular weight is 288 g/mol. The summed E-state index contributed by atoms with van der Waals surface area (Å²) in [7, 11) is 2.71. The standard InChI is InChI=1S/C16H16O5/c1-19-12-8-13(17)15(16(18)20-2)14(9-12)21-10-11-6-4-3-5-7-11/h3-9,17H,10H2,1-2H3. The third-order valence-corrected chi connectivity index (χ3v) is 2.92. The highest BCUT2D eigenvalue weighted by Gasteiger charge is 2.20. The fourth-order valence-corrected chi connectivity index (χ4v) is 1.85. The number of esters is 1. The van der Waals surface area contributed by atoms with Crippen LogP contribution < -0.4 is 9.47 Å². The van der Waals surface area contributed by atoms with E-state index < -0.39 is 5.97 Å². The van der Waals surface area contributed by atoms with E-state index in [1.807, 2.05) is 30.3 Å². The largest absolute Gasteiger partial charge is 0.507 e. The highest BCUT2D eigenvalue weighted by Crippen LogP contribution is 2.34. The smallest absolute Gasteiger partial charge is 0.345 e. The van der Waals surface area contributed by atoms with Crippen molar-refractivity contribution in [3.8, 4) is 17.2 Å². The molecule has 21 heavy (non-hydrogen) atoms. The summed E-state index contributed by atoms with van der Waals surface area (Å²) in [5.41, 5.74) is 0.921. The molecule has 0 aliphatic heterocycles. The summed E-state index contributed by atoms with van der Waals surface area (Å²) in [6, 6.07) is 12.4. The molecule has 0 amide bonds. The van der Waals surface area contributed by atoms with Crippen molar-refractivity contribution in [2.75, 3.05) is 14.2 Å². The number of hydrogen-bond donors (Lipinski definition) is 1. The van der Waals surface area contributed by atoms with Crippen LogP contribution in [0, 0.1) is 0 Å². The maximum atomic E-state index is 11.8. The molecule has 0 atom stereocenters. The Labute approximate surface area is 122 Å². The van der Waals surface area contributed by atoms with Crippen molar-refractivity contribution in [1.29, 1.82) is 0 Å². The van der Waals surface area contributed by atoms with Gasteiger partial charge in [-0.15, -0.1) is 0 Å². The summed E-state index contributed by atoms with van der Waals surface area (Å²) >= 11 is 0. The Morgan fingerprint density at radius 1 is 1.14 bits per heavy atom. The Balaban J connectivity index is 2.31. The Morgan fingerprint density at radius 3 is 2.48 bits per heavy atom. The SMILES string of the molecule is COC(=O)c1c(O)cc(OC)cc1OCc1ccccc1. The molecule has 0 bridgehead atoms. The zero-order valence-corrected chi connectivity index (χ0v) is 11.8. The van der Waals surface area contributed by atoms with Gasteiger partial charge in [0.05, 0.1) is 14.2 Å². The number of carbonyl (C=O) groups excluding carboxylic acids is 1. The van der Waals surface area contributed by atoms with Crippen LogP contribution in [-0.4, -0.2) is 25.3 Å². The first-order valence-corrected chi connectivity index (χ1v) is 6.31. The van der Waals surface area contributed by atoms with E-state index in [0.29, 0.717) is 5.75 Å². The molecule has 110 valence electrons. The molecule has 1 N–H and O–H groups in total. The zero-order valence-electron chi connectivity index (χ0n) is 11.8. The number of methoxy groups -OCH3 is 2. The fraction of sp³-hybridized carbons (Fsp3) is 0.188. The average Bonchev–Trinajstić information content (AvgIpc) is 2.52. The van der Waals surface area contributed by atoms with E-state index in [1.165, 1.54) is 26.4 Å². The van der Waals surface area contributed by atoms with Crippen LogP contribution in [0.25, 0.3) is 0 Å². The molecule has 0 aromatic heterocycles. The maximum absolute atomic E-state index is 11.8. The number of benzene rings is 2. The lowest BCUT2D eigenvalue weighted by Gasteiger charge is -2.13. The summed E-state index contributed by atoms with van der Waals surface area (Å²) in [5, 5.41) is 9.94.